The Morgan fingerprint density at radius 2 is 1.78 bits per heavy atom. The van der Waals surface area contributed by atoms with Crippen molar-refractivity contribution < 1.29 is 13.5 Å². The van der Waals surface area contributed by atoms with Gasteiger partial charge in [-0.25, -0.2) is 13.1 Å². The molecule has 1 aliphatic carbocycles. The summed E-state index contributed by atoms with van der Waals surface area (Å²) in [6, 6.07) is 6.21. The smallest absolute Gasteiger partial charge is 0.240 e. The van der Waals surface area contributed by atoms with Gasteiger partial charge >= 0.3 is 0 Å². The minimum absolute atomic E-state index is 0.231. The van der Waals surface area contributed by atoms with Crippen LogP contribution in [-0.4, -0.2) is 25.7 Å². The van der Waals surface area contributed by atoms with Crippen molar-refractivity contribution in [1.29, 1.82) is 0 Å². The Balaban J connectivity index is 2.16. The van der Waals surface area contributed by atoms with Crippen molar-refractivity contribution in [1.82, 2.24) is 4.72 Å². The molecule has 5 heteroatoms. The first-order valence-electron chi connectivity index (χ1n) is 5.91. The Bertz CT molecular complexity index is 534. The zero-order valence-electron chi connectivity index (χ0n) is 10.2. The lowest BCUT2D eigenvalue weighted by Gasteiger charge is -2.24. The van der Waals surface area contributed by atoms with Crippen LogP contribution in [-0.2, 0) is 10.0 Å². The van der Waals surface area contributed by atoms with Gasteiger partial charge in [0.15, 0.2) is 0 Å². The molecule has 0 fully saturated rings. The predicted molar refractivity (Wildman–Crippen MR) is 69.7 cm³/mol. The lowest BCUT2D eigenvalue weighted by Crippen LogP contribution is -2.43. The Hall–Kier alpha value is -1.17. The molecule has 0 saturated carbocycles. The van der Waals surface area contributed by atoms with Gasteiger partial charge in [0.2, 0.25) is 10.0 Å². The molecule has 1 aliphatic rings. The summed E-state index contributed by atoms with van der Waals surface area (Å²) < 4.78 is 26.8. The summed E-state index contributed by atoms with van der Waals surface area (Å²) in [4.78, 5) is 0.231. The van der Waals surface area contributed by atoms with Gasteiger partial charge in [0.25, 0.3) is 0 Å². The molecular weight excluding hydrogens is 250 g/mol. The molecule has 0 aromatic heterocycles. The highest BCUT2D eigenvalue weighted by molar-refractivity contribution is 7.89. The fraction of sp³-hybridized carbons (Fsp3) is 0.385. The highest BCUT2D eigenvalue weighted by Crippen LogP contribution is 2.16. The Morgan fingerprint density at radius 3 is 2.39 bits per heavy atom. The van der Waals surface area contributed by atoms with Gasteiger partial charge in [-0.15, -0.1) is 0 Å². The van der Waals surface area contributed by atoms with Gasteiger partial charge in [-0.2, -0.15) is 0 Å². The third-order valence-corrected chi connectivity index (χ3v) is 4.54. The Labute approximate surface area is 107 Å². The summed E-state index contributed by atoms with van der Waals surface area (Å²) >= 11 is 0. The van der Waals surface area contributed by atoms with E-state index in [1.807, 2.05) is 19.1 Å². The van der Waals surface area contributed by atoms with Crippen molar-refractivity contribution in [3.63, 3.8) is 0 Å². The first kappa shape index (κ1) is 13.3. The van der Waals surface area contributed by atoms with Crippen molar-refractivity contribution in [3.8, 4) is 0 Å². The van der Waals surface area contributed by atoms with Gasteiger partial charge < -0.3 is 5.11 Å². The van der Waals surface area contributed by atoms with E-state index in [-0.39, 0.29) is 4.90 Å². The quantitative estimate of drug-likeness (QED) is 0.812. The number of nitrogens with one attached hydrogen (secondary N) is 1. The molecule has 0 amide bonds. The molecule has 0 heterocycles. The molecular formula is C13H17NO3S. The minimum atomic E-state index is -3.55. The normalized spacial score (nSPS) is 24.1. The lowest BCUT2D eigenvalue weighted by atomic mass is 10.00. The van der Waals surface area contributed by atoms with E-state index >= 15 is 0 Å². The Morgan fingerprint density at radius 1 is 1.17 bits per heavy atom. The van der Waals surface area contributed by atoms with Gasteiger partial charge in [-0.1, -0.05) is 29.8 Å². The van der Waals surface area contributed by atoms with Gasteiger partial charge in [0.05, 0.1) is 17.0 Å². The molecule has 2 atom stereocenters. The monoisotopic (exact) mass is 267 g/mol. The van der Waals surface area contributed by atoms with Crippen molar-refractivity contribution in [2.24, 2.45) is 0 Å². The largest absolute Gasteiger partial charge is 0.391 e. The zero-order valence-corrected chi connectivity index (χ0v) is 11.0. The number of sulfonamides is 1. The number of hydrogen-bond acceptors (Lipinski definition) is 3. The molecule has 0 spiro atoms. The van der Waals surface area contributed by atoms with Gasteiger partial charge in [0.1, 0.15) is 0 Å². The predicted octanol–water partition coefficient (Wildman–Crippen LogP) is 1.35. The van der Waals surface area contributed by atoms with Crippen LogP contribution in [0.25, 0.3) is 0 Å². The van der Waals surface area contributed by atoms with Gasteiger partial charge in [-0.05, 0) is 31.9 Å². The first-order chi connectivity index (χ1) is 8.49. The highest BCUT2D eigenvalue weighted by atomic mass is 32.2. The molecule has 0 aliphatic heterocycles. The maximum Gasteiger partial charge on any atom is 0.240 e. The summed E-state index contributed by atoms with van der Waals surface area (Å²) in [5.41, 5.74) is 1.01. The van der Waals surface area contributed by atoms with E-state index in [0.29, 0.717) is 12.8 Å². The average molecular weight is 267 g/mol. The molecule has 2 N–H and O–H groups in total. The van der Waals surface area contributed by atoms with E-state index in [4.69, 9.17) is 0 Å². The number of aryl methyl sites for hydroxylation is 1. The molecule has 1 aromatic carbocycles. The molecule has 0 unspecified atom stereocenters. The minimum Gasteiger partial charge on any atom is -0.391 e. The highest BCUT2D eigenvalue weighted by Gasteiger charge is 2.25. The maximum atomic E-state index is 12.1. The van der Waals surface area contributed by atoms with E-state index in [1.165, 1.54) is 0 Å². The average Bonchev–Trinajstić information content (AvgIpc) is 2.32. The molecule has 4 nitrogen and oxygen atoms in total. The number of rotatable bonds is 3. The van der Waals surface area contributed by atoms with Crippen LogP contribution < -0.4 is 4.72 Å². The van der Waals surface area contributed by atoms with Crippen LogP contribution in [0.5, 0.6) is 0 Å². The Kier molecular flexibility index (Phi) is 3.85. The zero-order chi connectivity index (χ0) is 13.2. The SMILES string of the molecule is Cc1ccc(S(=O)(=O)N[C@H]2CC=CC[C@@H]2O)cc1. The fourth-order valence-corrected chi connectivity index (χ4v) is 3.19. The summed E-state index contributed by atoms with van der Waals surface area (Å²) in [6.07, 6.45) is 4.10. The lowest BCUT2D eigenvalue weighted by molar-refractivity contribution is 0.136. The van der Waals surface area contributed by atoms with E-state index in [0.717, 1.165) is 5.56 Å². The molecule has 18 heavy (non-hydrogen) atoms. The molecule has 98 valence electrons. The third-order valence-electron chi connectivity index (χ3n) is 3.04. The second-order valence-corrected chi connectivity index (χ2v) is 6.26. The van der Waals surface area contributed by atoms with Crippen LogP contribution in [0, 0.1) is 6.92 Å². The summed E-state index contributed by atoms with van der Waals surface area (Å²) in [5.74, 6) is 0. The second-order valence-electron chi connectivity index (χ2n) is 4.55. The third kappa shape index (κ3) is 2.98. The van der Waals surface area contributed by atoms with Crippen molar-refractivity contribution in [2.45, 2.75) is 36.8 Å². The molecule has 0 saturated heterocycles. The van der Waals surface area contributed by atoms with Crippen molar-refractivity contribution >= 4 is 10.0 Å². The van der Waals surface area contributed by atoms with Gasteiger partial charge in [0, 0.05) is 0 Å². The molecule has 0 radical (unpaired) electrons. The molecule has 2 rings (SSSR count). The molecule has 1 aromatic rings. The van der Waals surface area contributed by atoms with Crippen LogP contribution >= 0.6 is 0 Å². The number of aliphatic hydroxyl groups excluding tert-OH is 1. The number of benzene rings is 1. The summed E-state index contributed by atoms with van der Waals surface area (Å²) in [6.45, 7) is 1.90. The van der Waals surface area contributed by atoms with Crippen LogP contribution in [0.4, 0.5) is 0 Å². The topological polar surface area (TPSA) is 66.4 Å². The maximum absolute atomic E-state index is 12.1. The van der Waals surface area contributed by atoms with Gasteiger partial charge in [-0.3, -0.25) is 0 Å². The van der Waals surface area contributed by atoms with Crippen LogP contribution in [0.15, 0.2) is 41.3 Å². The van der Waals surface area contributed by atoms with E-state index in [9.17, 15) is 13.5 Å². The first-order valence-corrected chi connectivity index (χ1v) is 7.39. The molecule has 0 bridgehead atoms. The van der Waals surface area contributed by atoms with Crippen LogP contribution in [0.1, 0.15) is 18.4 Å². The van der Waals surface area contributed by atoms with E-state index in [1.54, 1.807) is 24.3 Å². The van der Waals surface area contributed by atoms with Crippen molar-refractivity contribution in [3.05, 3.63) is 42.0 Å². The second kappa shape index (κ2) is 5.22. The summed E-state index contributed by atoms with van der Waals surface area (Å²) in [7, 11) is -3.55. The van der Waals surface area contributed by atoms with Crippen LogP contribution in [0.2, 0.25) is 0 Å². The van der Waals surface area contributed by atoms with Crippen molar-refractivity contribution in [2.75, 3.05) is 0 Å². The standard InChI is InChI=1S/C13H17NO3S/c1-10-6-8-11(9-7-10)18(16,17)14-12-4-2-3-5-13(12)15/h2-3,6-9,12-15H,4-5H2,1H3/t12-,13-/m0/s1. The van der Waals surface area contributed by atoms with Crippen LogP contribution in [0.3, 0.4) is 0 Å². The number of aliphatic hydroxyl groups is 1. The number of hydrogen-bond donors (Lipinski definition) is 2. The van der Waals surface area contributed by atoms with E-state index < -0.39 is 22.2 Å². The van der Waals surface area contributed by atoms with E-state index in [2.05, 4.69) is 4.72 Å². The fourth-order valence-electron chi connectivity index (χ4n) is 1.91. The summed E-state index contributed by atoms with van der Waals surface area (Å²) in [5, 5.41) is 9.75.